The second-order valence-electron chi connectivity index (χ2n) is 4.40. The Morgan fingerprint density at radius 3 is 2.82 bits per heavy atom. The minimum Gasteiger partial charge on any atom is -0.398 e. The van der Waals surface area contributed by atoms with E-state index >= 15 is 0 Å². The average Bonchev–Trinajstić information content (AvgIpc) is 3.06. The zero-order chi connectivity index (χ0) is 12.0. The van der Waals surface area contributed by atoms with Gasteiger partial charge in [-0.15, -0.1) is 10.2 Å². The maximum Gasteiger partial charge on any atom is 0.166 e. The fourth-order valence-corrected chi connectivity index (χ4v) is 2.22. The van der Waals surface area contributed by atoms with Crippen LogP contribution in [0.4, 0.5) is 5.69 Å². The minimum absolute atomic E-state index is 0.526. The molecule has 1 aromatic carbocycles. The molecular formula is C12H13ClN4. The first-order chi connectivity index (χ1) is 8.16. The van der Waals surface area contributed by atoms with Gasteiger partial charge in [0.2, 0.25) is 0 Å². The third-order valence-corrected chi connectivity index (χ3v) is 3.27. The molecule has 0 aliphatic heterocycles. The predicted molar refractivity (Wildman–Crippen MR) is 67.9 cm³/mol. The second-order valence-corrected chi connectivity index (χ2v) is 4.84. The first-order valence-corrected chi connectivity index (χ1v) is 6.01. The van der Waals surface area contributed by atoms with Gasteiger partial charge in [0, 0.05) is 22.3 Å². The van der Waals surface area contributed by atoms with Crippen LogP contribution in [0, 0.1) is 6.92 Å². The van der Waals surface area contributed by atoms with Gasteiger partial charge in [0.1, 0.15) is 5.82 Å². The number of halogens is 1. The molecule has 0 saturated heterocycles. The van der Waals surface area contributed by atoms with Crippen molar-refractivity contribution in [2.75, 3.05) is 5.73 Å². The third-order valence-electron chi connectivity index (χ3n) is 3.03. The number of aromatic nitrogens is 3. The second kappa shape index (κ2) is 3.74. The average molecular weight is 249 g/mol. The zero-order valence-corrected chi connectivity index (χ0v) is 10.3. The summed E-state index contributed by atoms with van der Waals surface area (Å²) in [6.07, 6.45) is 2.37. The van der Waals surface area contributed by atoms with Crippen LogP contribution in [0.3, 0.4) is 0 Å². The highest BCUT2D eigenvalue weighted by molar-refractivity contribution is 6.31. The number of nitrogens with two attached hydrogens (primary N) is 1. The highest BCUT2D eigenvalue weighted by Crippen LogP contribution is 2.40. The lowest BCUT2D eigenvalue weighted by molar-refractivity contribution is 0.717. The van der Waals surface area contributed by atoms with Gasteiger partial charge in [-0.1, -0.05) is 11.6 Å². The number of rotatable bonds is 2. The van der Waals surface area contributed by atoms with Crippen LogP contribution in [-0.2, 0) is 0 Å². The van der Waals surface area contributed by atoms with Crippen LogP contribution in [0.1, 0.15) is 24.7 Å². The Bertz CT molecular complexity index is 572. The number of benzene rings is 1. The molecule has 1 aliphatic carbocycles. The van der Waals surface area contributed by atoms with E-state index in [0.717, 1.165) is 17.2 Å². The molecule has 1 fully saturated rings. The molecule has 0 amide bonds. The lowest BCUT2D eigenvalue weighted by Gasteiger charge is -2.09. The van der Waals surface area contributed by atoms with E-state index in [1.165, 1.54) is 12.8 Å². The van der Waals surface area contributed by atoms with Crippen molar-refractivity contribution < 1.29 is 0 Å². The molecule has 0 bridgehead atoms. The largest absolute Gasteiger partial charge is 0.398 e. The van der Waals surface area contributed by atoms with Crippen LogP contribution in [0.5, 0.6) is 0 Å². The smallest absolute Gasteiger partial charge is 0.166 e. The minimum atomic E-state index is 0.526. The Morgan fingerprint density at radius 2 is 2.12 bits per heavy atom. The van der Waals surface area contributed by atoms with Crippen LogP contribution in [0.25, 0.3) is 11.4 Å². The molecule has 2 N–H and O–H groups in total. The Kier molecular flexibility index (Phi) is 2.33. The van der Waals surface area contributed by atoms with Crippen molar-refractivity contribution in [1.29, 1.82) is 0 Å². The van der Waals surface area contributed by atoms with Crippen LogP contribution in [0.15, 0.2) is 18.2 Å². The molecule has 5 heteroatoms. The molecule has 1 aliphatic rings. The molecule has 1 aromatic heterocycles. The topological polar surface area (TPSA) is 56.7 Å². The van der Waals surface area contributed by atoms with Gasteiger partial charge in [0.15, 0.2) is 5.82 Å². The fourth-order valence-electron chi connectivity index (χ4n) is 2.05. The number of hydrogen-bond donors (Lipinski definition) is 1. The van der Waals surface area contributed by atoms with Crippen molar-refractivity contribution in [3.8, 4) is 11.4 Å². The summed E-state index contributed by atoms with van der Waals surface area (Å²) in [5.74, 6) is 1.76. The SMILES string of the molecule is Cc1nnc(-c2cc(Cl)ccc2N)n1C1CC1. The molecule has 0 radical (unpaired) electrons. The number of hydrogen-bond acceptors (Lipinski definition) is 3. The quantitative estimate of drug-likeness (QED) is 0.832. The van der Waals surface area contributed by atoms with E-state index < -0.39 is 0 Å². The summed E-state index contributed by atoms with van der Waals surface area (Å²) >= 11 is 6.01. The molecule has 4 nitrogen and oxygen atoms in total. The van der Waals surface area contributed by atoms with E-state index in [0.29, 0.717) is 16.8 Å². The van der Waals surface area contributed by atoms with Gasteiger partial charge in [-0.25, -0.2) is 0 Å². The van der Waals surface area contributed by atoms with Gasteiger partial charge in [0.05, 0.1) is 0 Å². The molecule has 1 heterocycles. The molecule has 1 saturated carbocycles. The zero-order valence-electron chi connectivity index (χ0n) is 9.52. The van der Waals surface area contributed by atoms with E-state index in [1.54, 1.807) is 12.1 Å². The standard InChI is InChI=1S/C12H13ClN4/c1-7-15-16-12(17(7)9-3-4-9)10-6-8(13)2-5-11(10)14/h2,5-6,9H,3-4,14H2,1H3. The first-order valence-electron chi connectivity index (χ1n) is 5.63. The molecule has 88 valence electrons. The van der Waals surface area contributed by atoms with Crippen molar-refractivity contribution in [2.45, 2.75) is 25.8 Å². The van der Waals surface area contributed by atoms with E-state index in [4.69, 9.17) is 17.3 Å². The summed E-state index contributed by atoms with van der Waals surface area (Å²) in [6.45, 7) is 1.97. The Morgan fingerprint density at radius 1 is 1.35 bits per heavy atom. The fraction of sp³-hybridized carbons (Fsp3) is 0.333. The molecule has 0 spiro atoms. The van der Waals surface area contributed by atoms with Gasteiger partial charge < -0.3 is 10.3 Å². The lowest BCUT2D eigenvalue weighted by Crippen LogP contribution is -2.01. The first kappa shape index (κ1) is 10.6. The number of aryl methyl sites for hydroxylation is 1. The highest BCUT2D eigenvalue weighted by atomic mass is 35.5. The van der Waals surface area contributed by atoms with Gasteiger partial charge in [0.25, 0.3) is 0 Å². The molecule has 0 atom stereocenters. The highest BCUT2D eigenvalue weighted by Gasteiger charge is 2.29. The van der Waals surface area contributed by atoms with Crippen molar-refractivity contribution in [3.05, 3.63) is 29.0 Å². The van der Waals surface area contributed by atoms with Crippen molar-refractivity contribution in [2.24, 2.45) is 0 Å². The van der Waals surface area contributed by atoms with E-state index in [9.17, 15) is 0 Å². The maximum atomic E-state index is 6.01. The van der Waals surface area contributed by atoms with Crippen LogP contribution >= 0.6 is 11.6 Å². The Labute approximate surface area is 104 Å². The molecule has 17 heavy (non-hydrogen) atoms. The number of nitrogen functional groups attached to an aromatic ring is 1. The lowest BCUT2D eigenvalue weighted by atomic mass is 10.1. The van der Waals surface area contributed by atoms with Gasteiger partial charge in [-0.3, -0.25) is 0 Å². The summed E-state index contributed by atoms with van der Waals surface area (Å²) in [6, 6.07) is 5.96. The monoisotopic (exact) mass is 248 g/mol. The predicted octanol–water partition coefficient (Wildman–Crippen LogP) is 2.82. The summed E-state index contributed by atoms with van der Waals surface area (Å²) in [5, 5.41) is 9.03. The normalized spacial score (nSPS) is 15.2. The van der Waals surface area contributed by atoms with E-state index in [-0.39, 0.29) is 0 Å². The third kappa shape index (κ3) is 1.78. The van der Waals surface area contributed by atoms with Crippen LogP contribution < -0.4 is 5.73 Å². The maximum absolute atomic E-state index is 6.01. The van der Waals surface area contributed by atoms with Crippen LogP contribution in [-0.4, -0.2) is 14.8 Å². The molecule has 0 unspecified atom stereocenters. The Hall–Kier alpha value is -1.55. The van der Waals surface area contributed by atoms with Gasteiger partial charge in [-0.05, 0) is 38.0 Å². The number of anilines is 1. The number of nitrogens with zero attached hydrogens (tertiary/aromatic N) is 3. The van der Waals surface area contributed by atoms with Crippen molar-refractivity contribution in [3.63, 3.8) is 0 Å². The van der Waals surface area contributed by atoms with Gasteiger partial charge >= 0.3 is 0 Å². The van der Waals surface area contributed by atoms with E-state index in [1.807, 2.05) is 13.0 Å². The summed E-state index contributed by atoms with van der Waals surface area (Å²) in [7, 11) is 0. The van der Waals surface area contributed by atoms with Gasteiger partial charge in [-0.2, -0.15) is 0 Å². The summed E-state index contributed by atoms with van der Waals surface area (Å²) < 4.78 is 2.15. The summed E-state index contributed by atoms with van der Waals surface area (Å²) in [4.78, 5) is 0. The van der Waals surface area contributed by atoms with E-state index in [2.05, 4.69) is 14.8 Å². The molecular weight excluding hydrogens is 236 g/mol. The van der Waals surface area contributed by atoms with Crippen molar-refractivity contribution >= 4 is 17.3 Å². The van der Waals surface area contributed by atoms with Crippen LogP contribution in [0.2, 0.25) is 5.02 Å². The molecule has 2 aromatic rings. The molecule has 3 rings (SSSR count). The summed E-state index contributed by atoms with van der Waals surface area (Å²) in [5.41, 5.74) is 7.53. The van der Waals surface area contributed by atoms with Crippen molar-refractivity contribution in [1.82, 2.24) is 14.8 Å². The Balaban J connectivity index is 2.17.